The molecule has 1 aliphatic rings. The number of nitrogen functional groups attached to an aromatic ring is 1. The van der Waals surface area contributed by atoms with Crippen molar-refractivity contribution in [2.75, 3.05) is 11.1 Å². The number of nitrogens with one attached hydrogen (secondary N) is 1. The maximum Gasteiger partial charge on any atom is 0.224 e. The van der Waals surface area contributed by atoms with Gasteiger partial charge in [-0.05, 0) is 37.0 Å². The molecule has 0 heterocycles. The maximum absolute atomic E-state index is 12.0. The van der Waals surface area contributed by atoms with Gasteiger partial charge in [0.05, 0.1) is 11.4 Å². The number of benzene rings is 1. The van der Waals surface area contributed by atoms with Crippen LogP contribution in [-0.2, 0) is 4.79 Å². The number of hydrogen-bond acceptors (Lipinski definition) is 2. The normalized spacial score (nSPS) is 15.7. The molecule has 104 valence electrons. The molecule has 0 radical (unpaired) electrons. The lowest BCUT2D eigenvalue weighted by Gasteiger charge is -2.13. The van der Waals surface area contributed by atoms with E-state index in [9.17, 15) is 4.79 Å². The van der Waals surface area contributed by atoms with E-state index in [0.29, 0.717) is 12.1 Å². The van der Waals surface area contributed by atoms with Crippen LogP contribution in [0.15, 0.2) is 16.6 Å². The highest BCUT2D eigenvalue weighted by molar-refractivity contribution is 9.10. The molecule has 1 amide bonds. The summed E-state index contributed by atoms with van der Waals surface area (Å²) >= 11 is 3.40. The highest BCUT2D eigenvalue weighted by atomic mass is 79.9. The molecule has 1 fully saturated rings. The number of carbonyl (C=O) groups is 1. The SMILES string of the molecule is Cc1cc(Br)cc(N)c1NC(=O)CCC1CCCC1. The number of rotatable bonds is 4. The highest BCUT2D eigenvalue weighted by Gasteiger charge is 2.16. The predicted molar refractivity (Wildman–Crippen MR) is 83.1 cm³/mol. The van der Waals surface area contributed by atoms with E-state index in [1.165, 1.54) is 25.7 Å². The maximum atomic E-state index is 12.0. The van der Waals surface area contributed by atoms with Gasteiger partial charge in [0.1, 0.15) is 0 Å². The Morgan fingerprint density at radius 2 is 2.11 bits per heavy atom. The third kappa shape index (κ3) is 3.96. The second kappa shape index (κ2) is 6.42. The zero-order valence-electron chi connectivity index (χ0n) is 11.3. The quantitative estimate of drug-likeness (QED) is 0.813. The van der Waals surface area contributed by atoms with Crippen molar-refractivity contribution in [2.45, 2.75) is 45.4 Å². The minimum Gasteiger partial charge on any atom is -0.397 e. The first-order chi connectivity index (χ1) is 9.06. The van der Waals surface area contributed by atoms with Gasteiger partial charge < -0.3 is 11.1 Å². The summed E-state index contributed by atoms with van der Waals surface area (Å²) in [7, 11) is 0. The highest BCUT2D eigenvalue weighted by Crippen LogP contribution is 2.30. The molecule has 0 bridgehead atoms. The topological polar surface area (TPSA) is 55.1 Å². The molecule has 19 heavy (non-hydrogen) atoms. The van der Waals surface area contributed by atoms with Crippen LogP contribution in [0.4, 0.5) is 11.4 Å². The smallest absolute Gasteiger partial charge is 0.224 e. The van der Waals surface area contributed by atoms with Crippen LogP contribution in [0.3, 0.4) is 0 Å². The first kappa shape index (κ1) is 14.4. The van der Waals surface area contributed by atoms with Crippen LogP contribution in [0, 0.1) is 12.8 Å². The van der Waals surface area contributed by atoms with E-state index in [1.807, 2.05) is 19.1 Å². The largest absolute Gasteiger partial charge is 0.397 e. The summed E-state index contributed by atoms with van der Waals surface area (Å²) in [6, 6.07) is 3.78. The van der Waals surface area contributed by atoms with E-state index in [2.05, 4.69) is 21.2 Å². The standard InChI is InChI=1S/C15H21BrN2O/c1-10-8-12(16)9-13(17)15(10)18-14(19)7-6-11-4-2-3-5-11/h8-9,11H,2-7,17H2,1H3,(H,18,19). The zero-order valence-corrected chi connectivity index (χ0v) is 12.9. The predicted octanol–water partition coefficient (Wildman–Crippen LogP) is 4.25. The number of amides is 1. The van der Waals surface area contributed by atoms with Crippen LogP contribution in [0.2, 0.25) is 0 Å². The van der Waals surface area contributed by atoms with Crippen LogP contribution in [-0.4, -0.2) is 5.91 Å². The molecule has 1 aromatic carbocycles. The molecule has 0 aliphatic heterocycles. The second-order valence-corrected chi connectivity index (χ2v) is 6.34. The Morgan fingerprint density at radius 1 is 1.42 bits per heavy atom. The molecule has 1 aromatic rings. The molecule has 2 rings (SSSR count). The Morgan fingerprint density at radius 3 is 2.74 bits per heavy atom. The number of hydrogen-bond donors (Lipinski definition) is 2. The minimum atomic E-state index is 0.0732. The Balaban J connectivity index is 1.91. The molecule has 0 unspecified atom stereocenters. The van der Waals surface area contributed by atoms with Gasteiger partial charge in [-0.25, -0.2) is 0 Å². The molecule has 3 N–H and O–H groups in total. The van der Waals surface area contributed by atoms with Crippen molar-refractivity contribution in [1.82, 2.24) is 0 Å². The summed E-state index contributed by atoms with van der Waals surface area (Å²) in [4.78, 5) is 12.0. The van der Waals surface area contributed by atoms with E-state index in [4.69, 9.17) is 5.73 Å². The van der Waals surface area contributed by atoms with Crippen LogP contribution in [0.25, 0.3) is 0 Å². The lowest BCUT2D eigenvalue weighted by molar-refractivity contribution is -0.116. The monoisotopic (exact) mass is 324 g/mol. The molecule has 3 nitrogen and oxygen atoms in total. The zero-order chi connectivity index (χ0) is 13.8. The summed E-state index contributed by atoms with van der Waals surface area (Å²) in [6.07, 6.45) is 6.82. The molecule has 0 atom stereocenters. The van der Waals surface area contributed by atoms with Gasteiger partial charge in [0.2, 0.25) is 5.91 Å². The Labute approximate surface area is 123 Å². The van der Waals surface area contributed by atoms with Gasteiger partial charge in [-0.2, -0.15) is 0 Å². The van der Waals surface area contributed by atoms with Crippen LogP contribution in [0.5, 0.6) is 0 Å². The number of anilines is 2. The molecular formula is C15H21BrN2O. The summed E-state index contributed by atoms with van der Waals surface area (Å²) in [6.45, 7) is 1.95. The molecule has 0 spiro atoms. The third-order valence-corrected chi connectivity index (χ3v) is 4.31. The fraction of sp³-hybridized carbons (Fsp3) is 0.533. The van der Waals surface area contributed by atoms with Gasteiger partial charge in [-0.1, -0.05) is 41.6 Å². The summed E-state index contributed by atoms with van der Waals surface area (Å²) < 4.78 is 0.937. The Bertz CT molecular complexity index is 444. The number of aryl methyl sites for hydroxylation is 1. The summed E-state index contributed by atoms with van der Waals surface area (Å²) in [5.74, 6) is 0.818. The number of carbonyl (C=O) groups excluding carboxylic acids is 1. The van der Waals surface area contributed by atoms with Gasteiger partial charge in [0, 0.05) is 10.9 Å². The second-order valence-electron chi connectivity index (χ2n) is 5.42. The summed E-state index contributed by atoms with van der Waals surface area (Å²) in [5.41, 5.74) is 8.29. The van der Waals surface area contributed by atoms with Crippen molar-refractivity contribution in [3.8, 4) is 0 Å². The van der Waals surface area contributed by atoms with Crippen molar-refractivity contribution in [3.63, 3.8) is 0 Å². The molecule has 1 saturated carbocycles. The number of halogens is 1. The van der Waals surface area contributed by atoms with Crippen molar-refractivity contribution < 1.29 is 4.79 Å². The first-order valence-corrected chi connectivity index (χ1v) is 7.71. The van der Waals surface area contributed by atoms with Crippen molar-refractivity contribution in [2.24, 2.45) is 5.92 Å². The molecule has 1 aliphatic carbocycles. The van der Waals surface area contributed by atoms with Gasteiger partial charge in [0.25, 0.3) is 0 Å². The van der Waals surface area contributed by atoms with E-state index < -0.39 is 0 Å². The lowest BCUT2D eigenvalue weighted by atomic mass is 10.0. The minimum absolute atomic E-state index is 0.0732. The molecule has 4 heteroatoms. The molecule has 0 aromatic heterocycles. The fourth-order valence-electron chi connectivity index (χ4n) is 2.78. The van der Waals surface area contributed by atoms with Crippen LogP contribution in [0.1, 0.15) is 44.1 Å². The number of nitrogens with two attached hydrogens (primary N) is 1. The van der Waals surface area contributed by atoms with E-state index in [0.717, 1.165) is 28.1 Å². The van der Waals surface area contributed by atoms with Crippen molar-refractivity contribution >= 4 is 33.2 Å². The fourth-order valence-corrected chi connectivity index (χ4v) is 3.37. The molecular weight excluding hydrogens is 304 g/mol. The van der Waals surface area contributed by atoms with Gasteiger partial charge >= 0.3 is 0 Å². The van der Waals surface area contributed by atoms with Crippen molar-refractivity contribution in [3.05, 3.63) is 22.2 Å². The van der Waals surface area contributed by atoms with E-state index >= 15 is 0 Å². The Hall–Kier alpha value is -1.03. The van der Waals surface area contributed by atoms with Crippen molar-refractivity contribution in [1.29, 1.82) is 0 Å². The average molecular weight is 325 g/mol. The van der Waals surface area contributed by atoms with Crippen LogP contribution >= 0.6 is 15.9 Å². The first-order valence-electron chi connectivity index (χ1n) is 6.91. The van der Waals surface area contributed by atoms with E-state index in [-0.39, 0.29) is 5.91 Å². The summed E-state index contributed by atoms with van der Waals surface area (Å²) in [5, 5.41) is 2.94. The molecule has 0 saturated heterocycles. The third-order valence-electron chi connectivity index (χ3n) is 3.85. The van der Waals surface area contributed by atoms with E-state index in [1.54, 1.807) is 0 Å². The Kier molecular flexibility index (Phi) is 4.86. The van der Waals surface area contributed by atoms with Crippen LogP contribution < -0.4 is 11.1 Å². The average Bonchev–Trinajstić information content (AvgIpc) is 2.84. The van der Waals surface area contributed by atoms with Gasteiger partial charge in [-0.15, -0.1) is 0 Å². The van der Waals surface area contributed by atoms with Gasteiger partial charge in [-0.3, -0.25) is 4.79 Å². The van der Waals surface area contributed by atoms with Gasteiger partial charge in [0.15, 0.2) is 0 Å². The lowest BCUT2D eigenvalue weighted by Crippen LogP contribution is -2.15.